The molecule has 1 aliphatic carbocycles. The van der Waals surface area contributed by atoms with Gasteiger partial charge in [-0.3, -0.25) is 4.99 Å². The third kappa shape index (κ3) is 1.34. The molecular weight excluding hydrogens is 194 g/mol. The van der Waals surface area contributed by atoms with Crippen LogP contribution in [0.2, 0.25) is 0 Å². The molecule has 1 atom stereocenters. The summed E-state index contributed by atoms with van der Waals surface area (Å²) in [5.41, 5.74) is 2.31. The number of hydrogen-bond acceptors (Lipinski definition) is 4. The van der Waals surface area contributed by atoms with Crippen LogP contribution in [0.15, 0.2) is 22.5 Å². The molecule has 0 N–H and O–H groups in total. The molecule has 1 saturated carbocycles. The number of fused-ring (bicyclic) bond motifs is 2. The number of aromatic nitrogens is 2. The van der Waals surface area contributed by atoms with Crippen LogP contribution in [0.3, 0.4) is 0 Å². The van der Waals surface area contributed by atoms with E-state index in [0.717, 1.165) is 17.1 Å². The van der Waals surface area contributed by atoms with Gasteiger partial charge in [-0.2, -0.15) is 0 Å². The third-order valence-electron chi connectivity index (χ3n) is 2.70. The van der Waals surface area contributed by atoms with E-state index < -0.39 is 0 Å². The molecule has 1 aliphatic heterocycles. The minimum Gasteiger partial charge on any atom is -0.252 e. The fourth-order valence-electron chi connectivity index (χ4n) is 1.99. The van der Waals surface area contributed by atoms with Crippen LogP contribution in [0.5, 0.6) is 0 Å². The van der Waals surface area contributed by atoms with Gasteiger partial charge in [0.2, 0.25) is 0 Å². The number of rotatable bonds is 0. The van der Waals surface area contributed by atoms with E-state index in [9.17, 15) is 0 Å². The Hall–Kier alpha value is -0.900. The second-order valence-corrected chi connectivity index (χ2v) is 4.86. The summed E-state index contributed by atoms with van der Waals surface area (Å²) in [5, 5.41) is 1.64. The van der Waals surface area contributed by atoms with Crippen LogP contribution in [0.25, 0.3) is 0 Å². The average Bonchev–Trinajstić information content (AvgIpc) is 2.26. The summed E-state index contributed by atoms with van der Waals surface area (Å²) in [5.74, 6) is 0. The van der Waals surface area contributed by atoms with Crippen molar-refractivity contribution in [1.29, 1.82) is 0 Å². The molecule has 4 heteroatoms. The van der Waals surface area contributed by atoms with Gasteiger partial charge < -0.3 is 0 Å². The van der Waals surface area contributed by atoms with Crippen molar-refractivity contribution < 1.29 is 0 Å². The Morgan fingerprint density at radius 2 is 2.36 bits per heavy atom. The fraction of sp³-hybridized carbons (Fsp3) is 0.500. The van der Waals surface area contributed by atoms with Gasteiger partial charge in [-0.15, -0.1) is 0 Å². The van der Waals surface area contributed by atoms with E-state index in [4.69, 9.17) is 0 Å². The molecule has 3 rings (SSSR count). The lowest BCUT2D eigenvalue weighted by atomic mass is 9.98. The van der Waals surface area contributed by atoms with Gasteiger partial charge >= 0.3 is 0 Å². The fourth-order valence-corrected chi connectivity index (χ4v) is 3.17. The van der Waals surface area contributed by atoms with Crippen LogP contribution in [-0.2, 0) is 0 Å². The van der Waals surface area contributed by atoms with Crippen molar-refractivity contribution in [2.75, 3.05) is 0 Å². The molecule has 3 nitrogen and oxygen atoms in total. The van der Waals surface area contributed by atoms with Gasteiger partial charge in [-0.05, 0) is 19.3 Å². The van der Waals surface area contributed by atoms with Gasteiger partial charge in [0, 0.05) is 11.0 Å². The highest BCUT2D eigenvalue weighted by atomic mass is 32.2. The molecule has 0 bridgehead atoms. The molecule has 0 radical (unpaired) electrons. The maximum atomic E-state index is 4.64. The van der Waals surface area contributed by atoms with Crippen molar-refractivity contribution in [2.45, 2.75) is 36.0 Å². The van der Waals surface area contributed by atoms with Crippen molar-refractivity contribution in [3.8, 4) is 0 Å². The first-order chi connectivity index (χ1) is 6.93. The topological polar surface area (TPSA) is 38.1 Å². The summed E-state index contributed by atoms with van der Waals surface area (Å²) < 4.78 is 0. The van der Waals surface area contributed by atoms with Crippen molar-refractivity contribution in [3.05, 3.63) is 12.5 Å². The van der Waals surface area contributed by atoms with Crippen LogP contribution in [0.4, 0.5) is 5.69 Å². The van der Waals surface area contributed by atoms with E-state index in [0.29, 0.717) is 5.25 Å². The van der Waals surface area contributed by atoms with E-state index in [1.54, 1.807) is 6.33 Å². The van der Waals surface area contributed by atoms with E-state index in [1.165, 1.54) is 25.0 Å². The number of hydrogen-bond donors (Lipinski definition) is 0. The zero-order valence-corrected chi connectivity index (χ0v) is 8.63. The first-order valence-corrected chi connectivity index (χ1v) is 5.85. The van der Waals surface area contributed by atoms with E-state index >= 15 is 0 Å². The highest BCUT2D eigenvalue weighted by molar-refractivity contribution is 8.00. The van der Waals surface area contributed by atoms with Gasteiger partial charge in [-0.1, -0.05) is 18.2 Å². The monoisotopic (exact) mass is 205 g/mol. The first kappa shape index (κ1) is 8.41. The molecule has 0 aromatic carbocycles. The summed E-state index contributed by atoms with van der Waals surface area (Å²) in [6.45, 7) is 0. The normalized spacial score (nSPS) is 24.9. The summed E-state index contributed by atoms with van der Waals surface area (Å²) in [4.78, 5) is 12.9. The predicted octanol–water partition coefficient (Wildman–Crippen LogP) is 2.60. The van der Waals surface area contributed by atoms with Crippen molar-refractivity contribution in [3.63, 3.8) is 0 Å². The van der Waals surface area contributed by atoms with Crippen LogP contribution in [0, 0.1) is 0 Å². The molecule has 2 heterocycles. The minimum atomic E-state index is 0.589. The molecule has 14 heavy (non-hydrogen) atoms. The molecule has 0 amide bonds. The Morgan fingerprint density at radius 3 is 3.36 bits per heavy atom. The molecule has 0 saturated heterocycles. The highest BCUT2D eigenvalue weighted by Crippen LogP contribution is 2.40. The largest absolute Gasteiger partial charge is 0.252 e. The Morgan fingerprint density at radius 1 is 1.36 bits per heavy atom. The summed E-state index contributed by atoms with van der Waals surface area (Å²) in [6, 6.07) is 0. The Kier molecular flexibility index (Phi) is 2.01. The predicted molar refractivity (Wildman–Crippen MR) is 57.2 cm³/mol. The van der Waals surface area contributed by atoms with Gasteiger partial charge in [0.1, 0.15) is 17.0 Å². The van der Waals surface area contributed by atoms with E-state index in [2.05, 4.69) is 15.0 Å². The number of thioether (sulfide) groups is 1. The van der Waals surface area contributed by atoms with Gasteiger partial charge in [0.15, 0.2) is 0 Å². The average molecular weight is 205 g/mol. The third-order valence-corrected chi connectivity index (χ3v) is 4.03. The zero-order chi connectivity index (χ0) is 9.38. The Bertz CT molecular complexity index is 389. The van der Waals surface area contributed by atoms with E-state index in [1.807, 2.05) is 18.0 Å². The van der Waals surface area contributed by atoms with Crippen LogP contribution in [-0.4, -0.2) is 20.9 Å². The summed E-state index contributed by atoms with van der Waals surface area (Å²) >= 11 is 1.86. The standard InChI is InChI=1S/C10H11N3S/c1-2-4-9-7(3-1)13-8-5-11-6-12-10(8)14-9/h5-6,9H,1-4H2. The molecule has 1 fully saturated rings. The zero-order valence-electron chi connectivity index (χ0n) is 7.81. The minimum absolute atomic E-state index is 0.589. The maximum Gasteiger partial charge on any atom is 0.126 e. The number of nitrogens with zero attached hydrogens (tertiary/aromatic N) is 3. The lowest BCUT2D eigenvalue weighted by Crippen LogP contribution is -2.23. The first-order valence-electron chi connectivity index (χ1n) is 4.97. The molecule has 1 unspecified atom stereocenters. The summed E-state index contributed by atoms with van der Waals surface area (Å²) in [7, 11) is 0. The van der Waals surface area contributed by atoms with E-state index in [-0.39, 0.29) is 0 Å². The van der Waals surface area contributed by atoms with Gasteiger partial charge in [0.05, 0.1) is 6.20 Å². The summed E-state index contributed by atoms with van der Waals surface area (Å²) in [6.07, 6.45) is 8.46. The SMILES string of the molecule is c1ncc2c(n1)SC1CCCCC1=N2. The van der Waals surface area contributed by atoms with Crippen molar-refractivity contribution in [2.24, 2.45) is 4.99 Å². The maximum absolute atomic E-state index is 4.64. The molecule has 1 aromatic rings. The molecule has 2 aliphatic rings. The Balaban J connectivity index is 2.03. The van der Waals surface area contributed by atoms with Gasteiger partial charge in [-0.25, -0.2) is 9.97 Å². The lowest BCUT2D eigenvalue weighted by molar-refractivity contribution is 0.672. The van der Waals surface area contributed by atoms with Gasteiger partial charge in [0.25, 0.3) is 0 Å². The van der Waals surface area contributed by atoms with Crippen LogP contribution < -0.4 is 0 Å². The van der Waals surface area contributed by atoms with Crippen molar-refractivity contribution in [1.82, 2.24) is 9.97 Å². The number of aliphatic imine (C=N–C) groups is 1. The Labute approximate surface area is 87.1 Å². The second-order valence-electron chi connectivity index (χ2n) is 3.67. The van der Waals surface area contributed by atoms with Crippen LogP contribution >= 0.6 is 11.8 Å². The molecular formula is C10H11N3S. The molecule has 1 aromatic heterocycles. The second kappa shape index (κ2) is 3.35. The van der Waals surface area contributed by atoms with Crippen LogP contribution in [0.1, 0.15) is 25.7 Å². The molecule has 72 valence electrons. The quantitative estimate of drug-likeness (QED) is 0.611. The highest BCUT2D eigenvalue weighted by Gasteiger charge is 2.26. The molecule has 0 spiro atoms. The lowest BCUT2D eigenvalue weighted by Gasteiger charge is -2.26. The van der Waals surface area contributed by atoms with Crippen molar-refractivity contribution >= 4 is 23.2 Å². The smallest absolute Gasteiger partial charge is 0.126 e.